The first-order valence-corrected chi connectivity index (χ1v) is 9.46. The Labute approximate surface area is 149 Å². The van der Waals surface area contributed by atoms with Crippen molar-refractivity contribution in [2.24, 2.45) is 0 Å². The summed E-state index contributed by atoms with van der Waals surface area (Å²) in [7, 11) is 0. The molecule has 24 heavy (non-hydrogen) atoms. The first-order valence-electron chi connectivity index (χ1n) is 7.60. The summed E-state index contributed by atoms with van der Waals surface area (Å²) in [6.45, 7) is 4.02. The van der Waals surface area contributed by atoms with E-state index in [9.17, 15) is 4.79 Å². The van der Waals surface area contributed by atoms with Crippen molar-refractivity contribution in [1.29, 1.82) is 0 Å². The van der Waals surface area contributed by atoms with Crippen LogP contribution in [0.15, 0.2) is 52.9 Å². The third kappa shape index (κ3) is 3.83. The molecule has 0 fully saturated rings. The fourth-order valence-corrected chi connectivity index (χ4v) is 3.63. The average Bonchev–Trinajstić information content (AvgIpc) is 3.02. The van der Waals surface area contributed by atoms with Gasteiger partial charge in [-0.05, 0) is 54.0 Å². The Morgan fingerprint density at radius 3 is 2.75 bits per heavy atom. The summed E-state index contributed by atoms with van der Waals surface area (Å²) in [5.41, 5.74) is 3.46. The molecule has 0 aliphatic rings. The lowest BCUT2D eigenvalue weighted by atomic mass is 10.1. The van der Waals surface area contributed by atoms with Crippen LogP contribution in [0.4, 0.5) is 5.69 Å². The van der Waals surface area contributed by atoms with Gasteiger partial charge in [0.05, 0.1) is 10.6 Å². The number of benzene rings is 1. The number of hydrogen-bond donors (Lipinski definition) is 1. The number of thioether (sulfide) groups is 1. The molecule has 0 saturated heterocycles. The van der Waals surface area contributed by atoms with Gasteiger partial charge in [-0.1, -0.05) is 19.1 Å². The summed E-state index contributed by atoms with van der Waals surface area (Å²) in [6, 6.07) is 13.5. The Morgan fingerprint density at radius 1 is 1.21 bits per heavy atom. The molecule has 3 rings (SSSR count). The van der Waals surface area contributed by atoms with Gasteiger partial charge in [-0.2, -0.15) is 0 Å². The summed E-state index contributed by atoms with van der Waals surface area (Å²) in [6.07, 6.45) is 0. The fourth-order valence-electron chi connectivity index (χ4n) is 2.25. The standard InChI is InChI=1S/C18H17N3OS2/c1-3-23-16-8-7-15(20-21-16)13-5-4-6-14(11-13)19-18(22)17-12(2)9-10-24-17/h4-11H,3H2,1-2H3,(H,19,22). The van der Waals surface area contributed by atoms with Crippen LogP contribution in [0, 0.1) is 6.92 Å². The van der Waals surface area contributed by atoms with Crippen molar-refractivity contribution < 1.29 is 4.79 Å². The van der Waals surface area contributed by atoms with Gasteiger partial charge in [0.25, 0.3) is 5.91 Å². The van der Waals surface area contributed by atoms with Crippen LogP contribution < -0.4 is 5.32 Å². The van der Waals surface area contributed by atoms with E-state index in [1.54, 1.807) is 11.8 Å². The number of nitrogens with one attached hydrogen (secondary N) is 1. The predicted molar refractivity (Wildman–Crippen MR) is 101 cm³/mol. The van der Waals surface area contributed by atoms with Crippen LogP contribution in [0.25, 0.3) is 11.3 Å². The Kier molecular flexibility index (Phi) is 5.27. The van der Waals surface area contributed by atoms with Gasteiger partial charge in [-0.15, -0.1) is 33.3 Å². The Balaban J connectivity index is 1.79. The minimum atomic E-state index is -0.0829. The number of carbonyl (C=O) groups is 1. The molecular weight excluding hydrogens is 338 g/mol. The SMILES string of the molecule is CCSc1ccc(-c2cccc(NC(=O)c3sccc3C)c2)nn1. The van der Waals surface area contributed by atoms with Crippen molar-refractivity contribution in [1.82, 2.24) is 10.2 Å². The van der Waals surface area contributed by atoms with Gasteiger partial charge in [-0.25, -0.2) is 0 Å². The normalized spacial score (nSPS) is 10.6. The molecule has 3 aromatic rings. The molecule has 0 unspecified atom stereocenters. The second kappa shape index (κ2) is 7.59. The highest BCUT2D eigenvalue weighted by molar-refractivity contribution is 7.99. The van der Waals surface area contributed by atoms with E-state index in [4.69, 9.17) is 0 Å². The molecule has 6 heteroatoms. The number of thiophene rings is 1. The lowest BCUT2D eigenvalue weighted by molar-refractivity contribution is 0.103. The molecule has 0 saturated carbocycles. The van der Waals surface area contributed by atoms with E-state index in [0.717, 1.165) is 38.2 Å². The number of rotatable bonds is 5. The summed E-state index contributed by atoms with van der Waals surface area (Å²) in [4.78, 5) is 13.1. The highest BCUT2D eigenvalue weighted by Crippen LogP contribution is 2.23. The van der Waals surface area contributed by atoms with Gasteiger partial charge >= 0.3 is 0 Å². The van der Waals surface area contributed by atoms with Crippen LogP contribution in [0.1, 0.15) is 22.2 Å². The molecule has 2 heterocycles. The third-order valence-corrected chi connectivity index (χ3v) is 5.23. The molecule has 0 aliphatic carbocycles. The lowest BCUT2D eigenvalue weighted by Gasteiger charge is -2.07. The Hall–Kier alpha value is -2.18. The summed E-state index contributed by atoms with van der Waals surface area (Å²) in [5.74, 6) is 0.887. The Bertz CT molecular complexity index is 843. The predicted octanol–water partition coefficient (Wildman–Crippen LogP) is 4.88. The molecule has 0 spiro atoms. The van der Waals surface area contributed by atoms with Crippen molar-refractivity contribution in [3.8, 4) is 11.3 Å². The third-order valence-electron chi connectivity index (χ3n) is 3.42. The molecular formula is C18H17N3OS2. The van der Waals surface area contributed by atoms with Crippen molar-refractivity contribution in [3.05, 3.63) is 58.3 Å². The molecule has 0 aliphatic heterocycles. The second-order valence-corrected chi connectivity index (χ2v) is 7.36. The molecule has 1 amide bonds. The zero-order chi connectivity index (χ0) is 16.9. The summed E-state index contributed by atoms with van der Waals surface area (Å²) < 4.78 is 0. The van der Waals surface area contributed by atoms with E-state index in [0.29, 0.717) is 0 Å². The monoisotopic (exact) mass is 355 g/mol. The van der Waals surface area contributed by atoms with E-state index in [-0.39, 0.29) is 5.91 Å². The minimum Gasteiger partial charge on any atom is -0.321 e. The van der Waals surface area contributed by atoms with Crippen LogP contribution in [-0.4, -0.2) is 21.9 Å². The second-order valence-electron chi connectivity index (χ2n) is 5.16. The van der Waals surface area contributed by atoms with Crippen LogP contribution in [0.3, 0.4) is 0 Å². The molecule has 0 bridgehead atoms. The van der Waals surface area contributed by atoms with Crippen molar-refractivity contribution in [2.75, 3.05) is 11.1 Å². The maximum absolute atomic E-state index is 12.3. The van der Waals surface area contributed by atoms with E-state index in [2.05, 4.69) is 22.4 Å². The van der Waals surface area contributed by atoms with E-state index in [1.165, 1.54) is 11.3 Å². The molecule has 1 aromatic carbocycles. The number of aromatic nitrogens is 2. The quantitative estimate of drug-likeness (QED) is 0.663. The molecule has 4 nitrogen and oxygen atoms in total. The van der Waals surface area contributed by atoms with Crippen LogP contribution in [0.5, 0.6) is 0 Å². The minimum absolute atomic E-state index is 0.0829. The number of carbonyl (C=O) groups excluding carboxylic acids is 1. The number of hydrogen-bond acceptors (Lipinski definition) is 5. The van der Waals surface area contributed by atoms with Gasteiger partial charge in [0.15, 0.2) is 0 Å². The van der Waals surface area contributed by atoms with Crippen molar-refractivity contribution in [3.63, 3.8) is 0 Å². The fraction of sp³-hybridized carbons (Fsp3) is 0.167. The Morgan fingerprint density at radius 2 is 2.08 bits per heavy atom. The number of amides is 1. The summed E-state index contributed by atoms with van der Waals surface area (Å²) in [5, 5.41) is 14.3. The van der Waals surface area contributed by atoms with E-state index < -0.39 is 0 Å². The number of aryl methyl sites for hydroxylation is 1. The van der Waals surface area contributed by atoms with E-state index >= 15 is 0 Å². The highest BCUT2D eigenvalue weighted by Gasteiger charge is 2.11. The number of anilines is 1. The van der Waals surface area contributed by atoms with Gasteiger partial charge in [0.2, 0.25) is 0 Å². The van der Waals surface area contributed by atoms with Crippen LogP contribution in [0.2, 0.25) is 0 Å². The zero-order valence-corrected chi connectivity index (χ0v) is 15.1. The molecule has 2 aromatic heterocycles. The maximum atomic E-state index is 12.3. The van der Waals surface area contributed by atoms with Crippen molar-refractivity contribution >= 4 is 34.7 Å². The van der Waals surface area contributed by atoms with Gasteiger partial charge in [0, 0.05) is 11.3 Å². The first-order chi connectivity index (χ1) is 11.7. The molecule has 0 atom stereocenters. The van der Waals surface area contributed by atoms with Gasteiger partial charge in [-0.3, -0.25) is 4.79 Å². The maximum Gasteiger partial charge on any atom is 0.265 e. The molecule has 122 valence electrons. The van der Waals surface area contributed by atoms with Gasteiger partial charge in [0.1, 0.15) is 5.03 Å². The smallest absolute Gasteiger partial charge is 0.265 e. The largest absolute Gasteiger partial charge is 0.321 e. The average molecular weight is 355 g/mol. The lowest BCUT2D eigenvalue weighted by Crippen LogP contribution is -2.11. The van der Waals surface area contributed by atoms with Crippen molar-refractivity contribution in [2.45, 2.75) is 18.9 Å². The number of nitrogens with zero attached hydrogens (tertiary/aromatic N) is 2. The molecule has 1 N–H and O–H groups in total. The topological polar surface area (TPSA) is 54.9 Å². The first kappa shape index (κ1) is 16.7. The highest BCUT2D eigenvalue weighted by atomic mass is 32.2. The molecule has 0 radical (unpaired) electrons. The van der Waals surface area contributed by atoms with E-state index in [1.807, 2.05) is 54.8 Å². The van der Waals surface area contributed by atoms with Crippen LogP contribution >= 0.6 is 23.1 Å². The van der Waals surface area contributed by atoms with Crippen LogP contribution in [-0.2, 0) is 0 Å². The van der Waals surface area contributed by atoms with Gasteiger partial charge < -0.3 is 5.32 Å². The summed E-state index contributed by atoms with van der Waals surface area (Å²) >= 11 is 3.11. The zero-order valence-electron chi connectivity index (χ0n) is 13.4.